The Bertz CT molecular complexity index is 903. The van der Waals surface area contributed by atoms with Crippen molar-refractivity contribution in [3.63, 3.8) is 0 Å². The molecule has 0 unspecified atom stereocenters. The summed E-state index contributed by atoms with van der Waals surface area (Å²) in [5.74, 6) is -0.349. The summed E-state index contributed by atoms with van der Waals surface area (Å²) in [5.41, 5.74) is 2.75. The summed E-state index contributed by atoms with van der Waals surface area (Å²) in [5, 5.41) is 5.64. The summed E-state index contributed by atoms with van der Waals surface area (Å²) in [4.78, 5) is 28.5. The quantitative estimate of drug-likeness (QED) is 0.719. The van der Waals surface area contributed by atoms with E-state index in [-0.39, 0.29) is 11.8 Å². The smallest absolute Gasteiger partial charge is 0.270 e. The highest BCUT2D eigenvalue weighted by molar-refractivity contribution is 5.94. The van der Waals surface area contributed by atoms with Crippen molar-refractivity contribution in [2.24, 2.45) is 0 Å². The van der Waals surface area contributed by atoms with Gasteiger partial charge in [-0.1, -0.05) is 30.3 Å². The highest BCUT2D eigenvalue weighted by Gasteiger charge is 2.13. The molecular formula is C20H20N4O2. The van der Waals surface area contributed by atoms with E-state index in [1.54, 1.807) is 29.1 Å². The van der Waals surface area contributed by atoms with Gasteiger partial charge in [0.1, 0.15) is 5.69 Å². The van der Waals surface area contributed by atoms with Crippen molar-refractivity contribution in [1.29, 1.82) is 0 Å². The molecule has 0 aliphatic carbocycles. The average molecular weight is 348 g/mol. The van der Waals surface area contributed by atoms with Crippen LogP contribution >= 0.6 is 0 Å². The molecule has 0 fully saturated rings. The van der Waals surface area contributed by atoms with Gasteiger partial charge in [-0.15, -0.1) is 0 Å². The molecule has 26 heavy (non-hydrogen) atoms. The first kappa shape index (κ1) is 17.4. The van der Waals surface area contributed by atoms with Gasteiger partial charge in [-0.25, -0.2) is 4.98 Å². The minimum Gasteiger partial charge on any atom is -0.352 e. The van der Waals surface area contributed by atoms with E-state index < -0.39 is 0 Å². The SMILES string of the molecule is CCNC(=O)c1cccc(CNC(=O)c2cncn2-c2ccccc2)c1. The van der Waals surface area contributed by atoms with Gasteiger partial charge in [0, 0.05) is 24.3 Å². The van der Waals surface area contributed by atoms with E-state index in [1.165, 1.54) is 6.20 Å². The van der Waals surface area contributed by atoms with Crippen molar-refractivity contribution < 1.29 is 9.59 Å². The monoisotopic (exact) mass is 348 g/mol. The number of hydrogen-bond donors (Lipinski definition) is 2. The van der Waals surface area contributed by atoms with Gasteiger partial charge in [-0.05, 0) is 36.8 Å². The van der Waals surface area contributed by atoms with Gasteiger partial charge < -0.3 is 10.6 Å². The molecular weight excluding hydrogens is 328 g/mol. The molecule has 0 aliphatic rings. The molecule has 1 aromatic heterocycles. The minimum atomic E-state index is -0.227. The minimum absolute atomic E-state index is 0.122. The number of rotatable bonds is 6. The molecule has 3 aromatic rings. The number of aromatic nitrogens is 2. The summed E-state index contributed by atoms with van der Waals surface area (Å²) >= 11 is 0. The van der Waals surface area contributed by atoms with Gasteiger partial charge in [-0.2, -0.15) is 0 Å². The van der Waals surface area contributed by atoms with Gasteiger partial charge in [0.15, 0.2) is 0 Å². The predicted octanol–water partition coefficient (Wildman–Crippen LogP) is 2.55. The van der Waals surface area contributed by atoms with Crippen LogP contribution < -0.4 is 10.6 Å². The van der Waals surface area contributed by atoms with Crippen LogP contribution in [0.5, 0.6) is 0 Å². The maximum absolute atomic E-state index is 12.5. The first-order valence-electron chi connectivity index (χ1n) is 8.42. The van der Waals surface area contributed by atoms with Gasteiger partial charge in [0.05, 0.1) is 12.5 Å². The Morgan fingerprint density at radius 3 is 2.58 bits per heavy atom. The third-order valence-corrected chi connectivity index (χ3v) is 3.89. The number of hydrogen-bond acceptors (Lipinski definition) is 3. The topological polar surface area (TPSA) is 76.0 Å². The van der Waals surface area contributed by atoms with Crippen LogP contribution in [0.1, 0.15) is 33.3 Å². The molecule has 1 heterocycles. The summed E-state index contributed by atoms with van der Waals surface area (Å²) in [6, 6.07) is 16.8. The molecule has 3 rings (SSSR count). The normalized spacial score (nSPS) is 10.3. The third-order valence-electron chi connectivity index (χ3n) is 3.89. The zero-order valence-corrected chi connectivity index (χ0v) is 14.5. The zero-order chi connectivity index (χ0) is 18.4. The van der Waals surface area contributed by atoms with E-state index in [0.29, 0.717) is 24.3 Å². The van der Waals surface area contributed by atoms with Crippen LogP contribution in [-0.2, 0) is 6.54 Å². The molecule has 2 N–H and O–H groups in total. The second-order valence-corrected chi connectivity index (χ2v) is 5.73. The Labute approximate surface area is 151 Å². The van der Waals surface area contributed by atoms with Gasteiger partial charge in [0.2, 0.25) is 0 Å². The molecule has 6 nitrogen and oxygen atoms in total. The number of para-hydroxylation sites is 1. The van der Waals surface area contributed by atoms with Crippen molar-refractivity contribution in [2.45, 2.75) is 13.5 Å². The molecule has 2 aromatic carbocycles. The standard InChI is InChI=1S/C20H20N4O2/c1-2-22-19(25)16-8-6-7-15(11-16)12-23-20(26)18-13-21-14-24(18)17-9-4-3-5-10-17/h3-11,13-14H,2,12H2,1H3,(H,22,25)(H,23,26). The molecule has 0 radical (unpaired) electrons. The van der Waals surface area contributed by atoms with E-state index in [4.69, 9.17) is 0 Å². The summed E-state index contributed by atoms with van der Waals surface area (Å²) < 4.78 is 1.74. The fourth-order valence-corrected chi connectivity index (χ4v) is 2.62. The highest BCUT2D eigenvalue weighted by atomic mass is 16.2. The number of benzene rings is 2. The van der Waals surface area contributed by atoms with Crippen molar-refractivity contribution >= 4 is 11.8 Å². The Hall–Kier alpha value is -3.41. The molecule has 2 amide bonds. The Balaban J connectivity index is 1.70. The van der Waals surface area contributed by atoms with E-state index >= 15 is 0 Å². The van der Waals surface area contributed by atoms with Crippen LogP contribution in [-0.4, -0.2) is 27.9 Å². The molecule has 0 spiro atoms. The second-order valence-electron chi connectivity index (χ2n) is 5.73. The van der Waals surface area contributed by atoms with Crippen LogP contribution in [0.3, 0.4) is 0 Å². The molecule has 6 heteroatoms. The lowest BCUT2D eigenvalue weighted by Gasteiger charge is -2.10. The average Bonchev–Trinajstić information content (AvgIpc) is 3.17. The van der Waals surface area contributed by atoms with Gasteiger partial charge in [-0.3, -0.25) is 14.2 Å². The number of carbonyl (C=O) groups is 2. The van der Waals surface area contributed by atoms with E-state index in [9.17, 15) is 9.59 Å². The summed E-state index contributed by atoms with van der Waals surface area (Å²) in [7, 11) is 0. The summed E-state index contributed by atoms with van der Waals surface area (Å²) in [6.07, 6.45) is 3.15. The number of nitrogens with zero attached hydrogens (tertiary/aromatic N) is 2. The lowest BCUT2D eigenvalue weighted by atomic mass is 10.1. The molecule has 0 saturated heterocycles. The molecule has 0 aliphatic heterocycles. The fourth-order valence-electron chi connectivity index (χ4n) is 2.62. The van der Waals surface area contributed by atoms with E-state index in [2.05, 4.69) is 15.6 Å². The van der Waals surface area contributed by atoms with Crippen molar-refractivity contribution in [1.82, 2.24) is 20.2 Å². The first-order valence-corrected chi connectivity index (χ1v) is 8.42. The summed E-state index contributed by atoms with van der Waals surface area (Å²) in [6.45, 7) is 2.77. The molecule has 0 atom stereocenters. The second kappa shape index (κ2) is 8.11. The fraction of sp³-hybridized carbons (Fsp3) is 0.150. The lowest BCUT2D eigenvalue weighted by molar-refractivity contribution is 0.0941. The molecule has 132 valence electrons. The van der Waals surface area contributed by atoms with Crippen molar-refractivity contribution in [3.05, 3.63) is 83.9 Å². The third kappa shape index (κ3) is 3.97. The Morgan fingerprint density at radius 2 is 1.81 bits per heavy atom. The molecule has 0 bridgehead atoms. The van der Waals surface area contributed by atoms with Crippen LogP contribution in [0.4, 0.5) is 0 Å². The van der Waals surface area contributed by atoms with Crippen molar-refractivity contribution in [3.8, 4) is 5.69 Å². The number of nitrogens with one attached hydrogen (secondary N) is 2. The van der Waals surface area contributed by atoms with Crippen LogP contribution in [0.25, 0.3) is 5.69 Å². The zero-order valence-electron chi connectivity index (χ0n) is 14.5. The first-order chi connectivity index (χ1) is 12.7. The van der Waals surface area contributed by atoms with Crippen LogP contribution in [0.15, 0.2) is 67.1 Å². The maximum atomic E-state index is 12.5. The van der Waals surface area contributed by atoms with Gasteiger partial charge >= 0.3 is 0 Å². The largest absolute Gasteiger partial charge is 0.352 e. The Morgan fingerprint density at radius 1 is 1.00 bits per heavy atom. The van der Waals surface area contributed by atoms with Crippen molar-refractivity contribution in [2.75, 3.05) is 6.54 Å². The molecule has 0 saturated carbocycles. The number of amides is 2. The highest BCUT2D eigenvalue weighted by Crippen LogP contribution is 2.11. The number of carbonyl (C=O) groups excluding carboxylic acids is 2. The van der Waals surface area contributed by atoms with Crippen LogP contribution in [0.2, 0.25) is 0 Å². The Kier molecular flexibility index (Phi) is 5.43. The predicted molar refractivity (Wildman–Crippen MR) is 99.2 cm³/mol. The van der Waals surface area contributed by atoms with Gasteiger partial charge in [0.25, 0.3) is 11.8 Å². The van der Waals surface area contributed by atoms with E-state index in [1.807, 2.05) is 43.3 Å². The number of imidazole rings is 1. The van der Waals surface area contributed by atoms with Crippen LogP contribution in [0, 0.1) is 0 Å². The maximum Gasteiger partial charge on any atom is 0.270 e. The van der Waals surface area contributed by atoms with E-state index in [0.717, 1.165) is 11.3 Å². The lowest BCUT2D eigenvalue weighted by Crippen LogP contribution is -2.26.